The third-order valence-electron chi connectivity index (χ3n) is 6.33. The summed E-state index contributed by atoms with van der Waals surface area (Å²) in [5, 5.41) is 8.97. The van der Waals surface area contributed by atoms with Crippen LogP contribution in [-0.4, -0.2) is 35.4 Å². The summed E-state index contributed by atoms with van der Waals surface area (Å²) in [7, 11) is 0. The molecule has 4 aromatic rings. The third-order valence-corrected chi connectivity index (χ3v) is 8.32. The second-order valence-electron chi connectivity index (χ2n) is 9.97. The summed E-state index contributed by atoms with van der Waals surface area (Å²) in [6.45, 7) is 4.02. The van der Waals surface area contributed by atoms with E-state index in [0.29, 0.717) is 18.6 Å². The van der Waals surface area contributed by atoms with Crippen molar-refractivity contribution in [3.8, 4) is 0 Å². The molecule has 2 aromatic carbocycles. The van der Waals surface area contributed by atoms with Crippen molar-refractivity contribution in [2.75, 3.05) is 5.75 Å². The Morgan fingerprint density at radius 2 is 1.69 bits per heavy atom. The number of rotatable bonds is 14. The van der Waals surface area contributed by atoms with Crippen LogP contribution in [0.5, 0.6) is 0 Å². The number of benzene rings is 2. The van der Waals surface area contributed by atoms with Gasteiger partial charge in [-0.1, -0.05) is 62.4 Å². The van der Waals surface area contributed by atoms with Crippen molar-refractivity contribution in [2.24, 2.45) is 5.92 Å². The number of amides is 2. The Kier molecular flexibility index (Phi) is 10.4. The molecule has 0 saturated carbocycles. The highest BCUT2D eigenvalue weighted by Crippen LogP contribution is 2.26. The van der Waals surface area contributed by atoms with E-state index in [2.05, 4.69) is 10.6 Å². The summed E-state index contributed by atoms with van der Waals surface area (Å²) in [4.78, 5) is 39.8. The monoisotopic (exact) mass is 562 g/mol. The quantitative estimate of drug-likeness (QED) is 0.203. The first kappa shape index (κ1) is 28.6. The lowest BCUT2D eigenvalue weighted by Gasteiger charge is -2.24. The van der Waals surface area contributed by atoms with Gasteiger partial charge in [0.25, 0.3) is 0 Å². The van der Waals surface area contributed by atoms with Crippen LogP contribution in [0, 0.1) is 5.92 Å². The first-order chi connectivity index (χ1) is 18.9. The van der Waals surface area contributed by atoms with Gasteiger partial charge in [0.1, 0.15) is 11.8 Å². The van der Waals surface area contributed by atoms with Crippen molar-refractivity contribution in [1.82, 2.24) is 10.6 Å². The van der Waals surface area contributed by atoms with E-state index in [1.54, 1.807) is 17.6 Å². The van der Waals surface area contributed by atoms with E-state index in [0.717, 1.165) is 27.0 Å². The van der Waals surface area contributed by atoms with E-state index in [1.165, 1.54) is 11.8 Å². The number of thiophene rings is 1. The van der Waals surface area contributed by atoms with E-state index in [4.69, 9.17) is 4.42 Å². The molecule has 0 bridgehead atoms. The van der Waals surface area contributed by atoms with Crippen LogP contribution in [0.15, 0.2) is 82.8 Å². The van der Waals surface area contributed by atoms with Crippen molar-refractivity contribution in [3.63, 3.8) is 0 Å². The van der Waals surface area contributed by atoms with Gasteiger partial charge in [-0.05, 0) is 58.9 Å². The summed E-state index contributed by atoms with van der Waals surface area (Å²) >= 11 is 3.06. The molecule has 2 aromatic heterocycles. The van der Waals surface area contributed by atoms with E-state index < -0.39 is 12.1 Å². The molecule has 0 aliphatic rings. The van der Waals surface area contributed by atoms with Crippen LogP contribution in [-0.2, 0) is 33.0 Å². The molecule has 0 aliphatic heterocycles. The highest BCUT2D eigenvalue weighted by molar-refractivity contribution is 7.99. The number of hydrogen-bond acceptors (Lipinski definition) is 6. The molecular formula is C31H34N2O4S2. The van der Waals surface area contributed by atoms with Crippen molar-refractivity contribution in [2.45, 2.75) is 50.9 Å². The number of carbonyl (C=O) groups excluding carboxylic acids is 3. The number of Topliss-reactive ketones (excluding diaryl/α,β-unsaturated/α-hetero) is 1. The average molecular weight is 563 g/mol. The zero-order valence-corrected chi connectivity index (χ0v) is 23.9. The number of thioether (sulfide) groups is 1. The van der Waals surface area contributed by atoms with Gasteiger partial charge in [0.15, 0.2) is 5.78 Å². The normalized spacial score (nSPS) is 12.8. The van der Waals surface area contributed by atoms with Crippen LogP contribution in [0.3, 0.4) is 0 Å². The standard InChI is InChI=1S/C31H34N2O4S2/c1-21(2)15-27(32-30(35)17-23-18-39-29-13-7-6-12-25(23)29)31(36)33-26(16-22-9-4-3-5-10-22)28(34)20-38-19-24-11-8-14-37-24/h3-14,18,21,26-27H,15-17,19-20H2,1-2H3,(H,32,35)(H,33,36)/t26-,27-/m0/s1. The van der Waals surface area contributed by atoms with Crippen molar-refractivity contribution in [1.29, 1.82) is 0 Å². The lowest BCUT2D eigenvalue weighted by atomic mass is 9.99. The minimum atomic E-state index is -0.732. The van der Waals surface area contributed by atoms with E-state index in [9.17, 15) is 14.4 Å². The second kappa shape index (κ2) is 14.1. The number of furan rings is 1. The average Bonchev–Trinajstić information content (AvgIpc) is 3.58. The molecule has 0 aliphatic carbocycles. The lowest BCUT2D eigenvalue weighted by molar-refractivity contribution is -0.131. The molecule has 39 heavy (non-hydrogen) atoms. The second-order valence-corrected chi connectivity index (χ2v) is 11.9. The van der Waals surface area contributed by atoms with Gasteiger partial charge < -0.3 is 15.1 Å². The zero-order valence-electron chi connectivity index (χ0n) is 22.2. The molecule has 2 N–H and O–H groups in total. The Morgan fingerprint density at radius 3 is 2.44 bits per heavy atom. The molecule has 8 heteroatoms. The number of carbonyl (C=O) groups is 3. The first-order valence-corrected chi connectivity index (χ1v) is 15.1. The molecule has 0 unspecified atom stereocenters. The Hall–Kier alpha value is -3.36. The van der Waals surface area contributed by atoms with Crippen LogP contribution < -0.4 is 10.6 Å². The molecule has 0 saturated heterocycles. The van der Waals surface area contributed by atoms with Crippen LogP contribution in [0.25, 0.3) is 10.1 Å². The van der Waals surface area contributed by atoms with Gasteiger partial charge in [-0.2, -0.15) is 0 Å². The summed E-state index contributed by atoms with van der Waals surface area (Å²) < 4.78 is 6.49. The largest absolute Gasteiger partial charge is 0.468 e. The number of fused-ring (bicyclic) bond motifs is 1. The Morgan fingerprint density at radius 1 is 0.923 bits per heavy atom. The van der Waals surface area contributed by atoms with E-state index >= 15 is 0 Å². The molecule has 2 amide bonds. The summed E-state index contributed by atoms with van der Waals surface area (Å²) in [6, 6.07) is 19.9. The predicted molar refractivity (Wildman–Crippen MR) is 159 cm³/mol. The molecule has 0 radical (unpaired) electrons. The number of ketones is 1. The SMILES string of the molecule is CC(C)C[C@H](NC(=O)Cc1csc2ccccc12)C(=O)N[C@@H](Cc1ccccc1)C(=O)CSCc1ccco1. The van der Waals surface area contributed by atoms with Gasteiger partial charge in [-0.25, -0.2) is 0 Å². The van der Waals surface area contributed by atoms with E-state index in [1.807, 2.05) is 86.0 Å². The Balaban J connectivity index is 1.42. The molecule has 4 rings (SSSR count). The van der Waals surface area contributed by atoms with Gasteiger partial charge in [-0.3, -0.25) is 14.4 Å². The molecular weight excluding hydrogens is 528 g/mol. The van der Waals surface area contributed by atoms with Crippen LogP contribution >= 0.6 is 23.1 Å². The fraction of sp³-hybridized carbons (Fsp3) is 0.323. The fourth-order valence-corrected chi connectivity index (χ4v) is 6.24. The van der Waals surface area contributed by atoms with Gasteiger partial charge in [0.2, 0.25) is 11.8 Å². The number of nitrogens with one attached hydrogen (secondary N) is 2. The fourth-order valence-electron chi connectivity index (χ4n) is 4.41. The maximum absolute atomic E-state index is 13.5. The topological polar surface area (TPSA) is 88.4 Å². The summed E-state index contributed by atoms with van der Waals surface area (Å²) in [5.41, 5.74) is 1.91. The Bertz CT molecular complexity index is 1370. The summed E-state index contributed by atoms with van der Waals surface area (Å²) in [5.74, 6) is 1.18. The van der Waals surface area contributed by atoms with Gasteiger partial charge in [-0.15, -0.1) is 23.1 Å². The Labute approximate surface area is 237 Å². The summed E-state index contributed by atoms with van der Waals surface area (Å²) in [6.07, 6.45) is 2.67. The van der Waals surface area contributed by atoms with Gasteiger partial charge >= 0.3 is 0 Å². The highest BCUT2D eigenvalue weighted by atomic mass is 32.2. The van der Waals surface area contributed by atoms with Crippen LogP contribution in [0.2, 0.25) is 0 Å². The van der Waals surface area contributed by atoms with Crippen LogP contribution in [0.4, 0.5) is 0 Å². The van der Waals surface area contributed by atoms with Crippen molar-refractivity contribution in [3.05, 3.63) is 95.3 Å². The minimum absolute atomic E-state index is 0.0666. The maximum Gasteiger partial charge on any atom is 0.243 e. The van der Waals surface area contributed by atoms with Gasteiger partial charge in [0.05, 0.1) is 30.2 Å². The van der Waals surface area contributed by atoms with Gasteiger partial charge in [0, 0.05) is 4.70 Å². The highest BCUT2D eigenvalue weighted by Gasteiger charge is 2.28. The molecule has 2 heterocycles. The van der Waals surface area contributed by atoms with Crippen LogP contribution in [0.1, 0.15) is 37.2 Å². The molecule has 2 atom stereocenters. The third kappa shape index (κ3) is 8.57. The van der Waals surface area contributed by atoms with Crippen molar-refractivity contribution >= 4 is 50.8 Å². The van der Waals surface area contributed by atoms with E-state index in [-0.39, 0.29) is 35.7 Å². The molecule has 6 nitrogen and oxygen atoms in total. The minimum Gasteiger partial charge on any atom is -0.468 e. The molecule has 204 valence electrons. The molecule has 0 spiro atoms. The maximum atomic E-state index is 13.5. The smallest absolute Gasteiger partial charge is 0.243 e. The lowest BCUT2D eigenvalue weighted by Crippen LogP contribution is -2.53. The predicted octanol–water partition coefficient (Wildman–Crippen LogP) is 5.80. The molecule has 0 fully saturated rings. The zero-order chi connectivity index (χ0) is 27.6. The first-order valence-electron chi connectivity index (χ1n) is 13.1. The number of hydrogen-bond donors (Lipinski definition) is 2. The van der Waals surface area contributed by atoms with Crippen molar-refractivity contribution < 1.29 is 18.8 Å².